The van der Waals surface area contributed by atoms with Crippen molar-refractivity contribution in [3.05, 3.63) is 60.7 Å². The van der Waals surface area contributed by atoms with E-state index in [4.69, 9.17) is 0 Å². The van der Waals surface area contributed by atoms with Crippen LogP contribution in [0.1, 0.15) is 6.92 Å². The van der Waals surface area contributed by atoms with E-state index in [0.717, 1.165) is 19.6 Å². The Hall–Kier alpha value is -2.26. The van der Waals surface area contributed by atoms with Crippen LogP contribution in [0.4, 0.5) is 5.82 Å². The molecule has 0 amide bonds. The first-order chi connectivity index (χ1) is 10.8. The standard InChI is InChI=1S/C19H21N3/c1-15-14-20-11-12-21(15)19-13-16-7-5-6-10-18(16)22(19)17-8-3-2-4-9-17/h2-10,13,15,20H,11-12,14H2,1H3. The van der Waals surface area contributed by atoms with Gasteiger partial charge in [-0.2, -0.15) is 0 Å². The van der Waals surface area contributed by atoms with E-state index in [1.807, 2.05) is 0 Å². The summed E-state index contributed by atoms with van der Waals surface area (Å²) in [5.74, 6) is 1.29. The van der Waals surface area contributed by atoms with Crippen molar-refractivity contribution in [2.45, 2.75) is 13.0 Å². The first kappa shape index (κ1) is 13.4. The van der Waals surface area contributed by atoms with Gasteiger partial charge in [-0.05, 0) is 31.2 Å². The van der Waals surface area contributed by atoms with Crippen molar-refractivity contribution in [2.75, 3.05) is 24.5 Å². The molecule has 1 aliphatic heterocycles. The monoisotopic (exact) mass is 291 g/mol. The van der Waals surface area contributed by atoms with Crippen molar-refractivity contribution in [2.24, 2.45) is 0 Å². The highest BCUT2D eigenvalue weighted by Gasteiger charge is 2.22. The van der Waals surface area contributed by atoms with E-state index in [1.54, 1.807) is 0 Å². The van der Waals surface area contributed by atoms with Gasteiger partial charge in [0.15, 0.2) is 0 Å². The summed E-state index contributed by atoms with van der Waals surface area (Å²) in [5, 5.41) is 4.77. The van der Waals surface area contributed by atoms with Crippen molar-refractivity contribution in [3.8, 4) is 5.69 Å². The molecule has 1 aromatic heterocycles. The van der Waals surface area contributed by atoms with Crippen LogP contribution >= 0.6 is 0 Å². The van der Waals surface area contributed by atoms with Crippen LogP contribution in [0.15, 0.2) is 60.7 Å². The molecule has 1 aliphatic rings. The van der Waals surface area contributed by atoms with E-state index in [-0.39, 0.29) is 0 Å². The lowest BCUT2D eigenvalue weighted by Crippen LogP contribution is -2.50. The van der Waals surface area contributed by atoms with Crippen LogP contribution in [0, 0.1) is 0 Å². The van der Waals surface area contributed by atoms with Crippen LogP contribution in [0.3, 0.4) is 0 Å². The van der Waals surface area contributed by atoms with Crippen LogP contribution in [-0.4, -0.2) is 30.2 Å². The highest BCUT2D eigenvalue weighted by atomic mass is 15.3. The number of piperazine rings is 1. The van der Waals surface area contributed by atoms with Crippen LogP contribution in [0.2, 0.25) is 0 Å². The maximum Gasteiger partial charge on any atom is 0.114 e. The quantitative estimate of drug-likeness (QED) is 0.780. The molecule has 0 radical (unpaired) electrons. The van der Waals surface area contributed by atoms with Gasteiger partial charge < -0.3 is 10.2 Å². The van der Waals surface area contributed by atoms with Crippen molar-refractivity contribution >= 4 is 16.7 Å². The summed E-state index contributed by atoms with van der Waals surface area (Å²) >= 11 is 0. The Labute approximate surface area is 131 Å². The van der Waals surface area contributed by atoms with E-state index >= 15 is 0 Å². The fraction of sp³-hybridized carbons (Fsp3) is 0.263. The molecular formula is C19H21N3. The van der Waals surface area contributed by atoms with Crippen LogP contribution in [-0.2, 0) is 0 Å². The zero-order valence-electron chi connectivity index (χ0n) is 12.9. The second kappa shape index (κ2) is 5.50. The lowest BCUT2D eigenvalue weighted by molar-refractivity contribution is 0.495. The van der Waals surface area contributed by atoms with Gasteiger partial charge >= 0.3 is 0 Å². The number of hydrogen-bond donors (Lipinski definition) is 1. The van der Waals surface area contributed by atoms with Gasteiger partial charge in [0, 0.05) is 36.7 Å². The number of fused-ring (bicyclic) bond motifs is 1. The molecule has 1 fully saturated rings. The molecule has 0 spiro atoms. The lowest BCUT2D eigenvalue weighted by atomic mass is 10.2. The Morgan fingerprint density at radius 3 is 2.59 bits per heavy atom. The topological polar surface area (TPSA) is 20.2 Å². The summed E-state index contributed by atoms with van der Waals surface area (Å²) in [6, 6.07) is 22.1. The maximum atomic E-state index is 3.48. The number of aromatic nitrogens is 1. The molecule has 112 valence electrons. The van der Waals surface area contributed by atoms with Crippen molar-refractivity contribution in [1.29, 1.82) is 0 Å². The molecule has 0 saturated carbocycles. The number of rotatable bonds is 2. The van der Waals surface area contributed by atoms with Crippen molar-refractivity contribution in [1.82, 2.24) is 9.88 Å². The third kappa shape index (κ3) is 2.18. The molecule has 2 aromatic carbocycles. The maximum absolute atomic E-state index is 3.48. The molecule has 3 nitrogen and oxygen atoms in total. The molecule has 3 aromatic rings. The summed E-state index contributed by atoms with van der Waals surface area (Å²) in [6.07, 6.45) is 0. The van der Waals surface area contributed by atoms with Gasteiger partial charge in [-0.15, -0.1) is 0 Å². The average Bonchev–Trinajstić information content (AvgIpc) is 2.95. The smallest absolute Gasteiger partial charge is 0.114 e. The zero-order chi connectivity index (χ0) is 14.9. The van der Waals surface area contributed by atoms with E-state index < -0.39 is 0 Å². The number of para-hydroxylation sites is 2. The number of nitrogens with zero attached hydrogens (tertiary/aromatic N) is 2. The SMILES string of the molecule is CC1CNCCN1c1cc2ccccc2n1-c1ccccc1. The third-order valence-electron chi connectivity index (χ3n) is 4.50. The number of anilines is 1. The van der Waals surface area contributed by atoms with E-state index in [1.165, 1.54) is 22.4 Å². The normalized spacial score (nSPS) is 18.8. The molecule has 0 aliphatic carbocycles. The Bertz CT molecular complexity index is 776. The number of nitrogens with one attached hydrogen (secondary N) is 1. The van der Waals surface area contributed by atoms with Crippen LogP contribution in [0.5, 0.6) is 0 Å². The summed E-state index contributed by atoms with van der Waals surface area (Å²) < 4.78 is 2.39. The molecule has 0 bridgehead atoms. The average molecular weight is 291 g/mol. The Balaban J connectivity index is 1.94. The second-order valence-corrected chi connectivity index (χ2v) is 5.98. The van der Waals surface area contributed by atoms with E-state index in [9.17, 15) is 0 Å². The molecule has 1 saturated heterocycles. The fourth-order valence-corrected chi connectivity index (χ4v) is 3.38. The zero-order valence-corrected chi connectivity index (χ0v) is 12.9. The minimum atomic E-state index is 0.500. The summed E-state index contributed by atoms with van der Waals surface area (Å²) in [5.41, 5.74) is 2.50. The molecule has 22 heavy (non-hydrogen) atoms. The number of benzene rings is 2. The van der Waals surface area contributed by atoms with E-state index in [2.05, 4.69) is 82.4 Å². The second-order valence-electron chi connectivity index (χ2n) is 5.98. The van der Waals surface area contributed by atoms with Gasteiger partial charge in [0.05, 0.1) is 5.52 Å². The largest absolute Gasteiger partial charge is 0.352 e. The highest BCUT2D eigenvalue weighted by Crippen LogP contribution is 2.31. The molecular weight excluding hydrogens is 270 g/mol. The van der Waals surface area contributed by atoms with Crippen molar-refractivity contribution in [3.63, 3.8) is 0 Å². The van der Waals surface area contributed by atoms with E-state index in [0.29, 0.717) is 6.04 Å². The lowest BCUT2D eigenvalue weighted by Gasteiger charge is -2.36. The highest BCUT2D eigenvalue weighted by molar-refractivity contribution is 5.87. The Morgan fingerprint density at radius 2 is 1.77 bits per heavy atom. The Morgan fingerprint density at radius 1 is 1.00 bits per heavy atom. The van der Waals surface area contributed by atoms with Gasteiger partial charge in [-0.1, -0.05) is 36.4 Å². The van der Waals surface area contributed by atoms with Gasteiger partial charge in [-0.25, -0.2) is 0 Å². The van der Waals surface area contributed by atoms with Gasteiger partial charge in [0.25, 0.3) is 0 Å². The van der Waals surface area contributed by atoms with Crippen molar-refractivity contribution < 1.29 is 0 Å². The third-order valence-corrected chi connectivity index (χ3v) is 4.50. The predicted octanol–water partition coefficient (Wildman–Crippen LogP) is 3.43. The molecule has 1 unspecified atom stereocenters. The Kier molecular flexibility index (Phi) is 3.35. The van der Waals surface area contributed by atoms with Crippen LogP contribution < -0.4 is 10.2 Å². The van der Waals surface area contributed by atoms with Gasteiger partial charge in [0.1, 0.15) is 5.82 Å². The summed E-state index contributed by atoms with van der Waals surface area (Å²) in [7, 11) is 0. The summed E-state index contributed by atoms with van der Waals surface area (Å²) in [4.78, 5) is 2.52. The first-order valence-electron chi connectivity index (χ1n) is 7.98. The molecule has 1 atom stereocenters. The molecule has 2 heterocycles. The number of hydrogen-bond acceptors (Lipinski definition) is 2. The first-order valence-corrected chi connectivity index (χ1v) is 7.98. The molecule has 1 N–H and O–H groups in total. The summed E-state index contributed by atoms with van der Waals surface area (Å²) in [6.45, 7) is 5.42. The molecule has 3 heteroatoms. The predicted molar refractivity (Wildman–Crippen MR) is 93.0 cm³/mol. The van der Waals surface area contributed by atoms with Crippen LogP contribution in [0.25, 0.3) is 16.6 Å². The van der Waals surface area contributed by atoms with Gasteiger partial charge in [0.2, 0.25) is 0 Å². The fourth-order valence-electron chi connectivity index (χ4n) is 3.38. The van der Waals surface area contributed by atoms with Gasteiger partial charge in [-0.3, -0.25) is 4.57 Å². The minimum Gasteiger partial charge on any atom is -0.352 e. The minimum absolute atomic E-state index is 0.500. The molecule has 4 rings (SSSR count).